The first-order valence-corrected chi connectivity index (χ1v) is 8.14. The van der Waals surface area contributed by atoms with Crippen LogP contribution in [-0.2, 0) is 19.0 Å². The molecule has 1 spiro atoms. The average Bonchev–Trinajstić information content (AvgIpc) is 3.23. The summed E-state index contributed by atoms with van der Waals surface area (Å²) in [6.07, 6.45) is 4.30. The molecular formula is C17H24O5. The van der Waals surface area contributed by atoms with Gasteiger partial charge >= 0.3 is 5.97 Å². The van der Waals surface area contributed by atoms with Gasteiger partial charge in [-0.15, -0.1) is 0 Å². The normalized spacial score (nSPS) is 52.2. The zero-order valence-electron chi connectivity index (χ0n) is 13.4. The molecule has 6 atom stereocenters. The maximum absolute atomic E-state index is 11.6. The van der Waals surface area contributed by atoms with Crippen LogP contribution in [0.2, 0.25) is 0 Å². The first kappa shape index (κ1) is 14.7. The summed E-state index contributed by atoms with van der Waals surface area (Å²) in [6, 6.07) is 0. The van der Waals surface area contributed by atoms with Gasteiger partial charge in [0, 0.05) is 24.2 Å². The van der Waals surface area contributed by atoms with Crippen molar-refractivity contribution in [3.8, 4) is 0 Å². The van der Waals surface area contributed by atoms with E-state index in [1.807, 2.05) is 0 Å². The second-order valence-corrected chi connectivity index (χ2v) is 7.66. The Kier molecular flexibility index (Phi) is 2.89. The van der Waals surface area contributed by atoms with Gasteiger partial charge in [-0.1, -0.05) is 19.9 Å². The van der Waals surface area contributed by atoms with E-state index in [4.69, 9.17) is 14.2 Å². The molecular weight excluding hydrogens is 284 g/mol. The Labute approximate surface area is 130 Å². The molecule has 0 amide bonds. The molecule has 0 aromatic rings. The van der Waals surface area contributed by atoms with Gasteiger partial charge in [-0.05, 0) is 18.4 Å². The summed E-state index contributed by atoms with van der Waals surface area (Å²) in [4.78, 5) is 11.6. The van der Waals surface area contributed by atoms with Gasteiger partial charge in [0.2, 0.25) is 0 Å². The molecule has 0 aromatic heterocycles. The van der Waals surface area contributed by atoms with Crippen molar-refractivity contribution >= 4 is 5.97 Å². The van der Waals surface area contributed by atoms with Crippen LogP contribution >= 0.6 is 0 Å². The third kappa shape index (κ3) is 1.52. The van der Waals surface area contributed by atoms with Crippen molar-refractivity contribution in [3.63, 3.8) is 0 Å². The lowest BCUT2D eigenvalue weighted by Crippen LogP contribution is -2.63. The van der Waals surface area contributed by atoms with E-state index in [9.17, 15) is 9.90 Å². The van der Waals surface area contributed by atoms with Crippen molar-refractivity contribution in [2.45, 2.75) is 63.9 Å². The molecule has 4 aliphatic rings. The van der Waals surface area contributed by atoms with E-state index in [1.54, 1.807) is 0 Å². The van der Waals surface area contributed by atoms with E-state index >= 15 is 0 Å². The van der Waals surface area contributed by atoms with Gasteiger partial charge in [0.25, 0.3) is 0 Å². The molecule has 2 saturated heterocycles. The van der Waals surface area contributed by atoms with E-state index in [2.05, 4.69) is 19.9 Å². The van der Waals surface area contributed by atoms with Crippen LogP contribution in [0.4, 0.5) is 0 Å². The predicted molar refractivity (Wildman–Crippen MR) is 78.1 cm³/mol. The summed E-state index contributed by atoms with van der Waals surface area (Å²) < 4.78 is 18.0. The van der Waals surface area contributed by atoms with Gasteiger partial charge in [-0.2, -0.15) is 0 Å². The minimum Gasteiger partial charge on any atom is -0.462 e. The minimum atomic E-state index is -0.303. The van der Waals surface area contributed by atoms with Crippen LogP contribution in [0.5, 0.6) is 0 Å². The second-order valence-electron chi connectivity index (χ2n) is 7.66. The third-order valence-corrected chi connectivity index (χ3v) is 6.92. The number of carbonyl (C=O) groups excluding carboxylic acids is 1. The molecule has 1 saturated carbocycles. The van der Waals surface area contributed by atoms with Crippen LogP contribution in [0.15, 0.2) is 11.6 Å². The lowest BCUT2D eigenvalue weighted by Gasteiger charge is -2.57. The summed E-state index contributed by atoms with van der Waals surface area (Å²) in [5.74, 6) is -0.239. The molecule has 2 aliphatic heterocycles. The molecule has 2 aliphatic carbocycles. The van der Waals surface area contributed by atoms with E-state index in [1.165, 1.54) is 6.92 Å². The quantitative estimate of drug-likeness (QED) is 0.476. The number of aliphatic hydroxyl groups excluding tert-OH is 1. The maximum atomic E-state index is 11.6. The number of hydrogen-bond acceptors (Lipinski definition) is 5. The fourth-order valence-corrected chi connectivity index (χ4v) is 5.27. The highest BCUT2D eigenvalue weighted by molar-refractivity contribution is 5.66. The van der Waals surface area contributed by atoms with Gasteiger partial charge < -0.3 is 19.3 Å². The van der Waals surface area contributed by atoms with Crippen molar-refractivity contribution in [2.24, 2.45) is 10.8 Å². The maximum Gasteiger partial charge on any atom is 0.302 e. The van der Waals surface area contributed by atoms with Crippen LogP contribution in [0.3, 0.4) is 0 Å². The molecule has 0 aromatic carbocycles. The van der Waals surface area contributed by atoms with E-state index in [0.717, 1.165) is 18.4 Å². The zero-order chi connectivity index (χ0) is 15.8. The highest BCUT2D eigenvalue weighted by Crippen LogP contribution is 2.71. The number of rotatable bonds is 2. The highest BCUT2D eigenvalue weighted by atomic mass is 16.6. The van der Waals surface area contributed by atoms with Crippen LogP contribution in [0, 0.1) is 10.8 Å². The van der Waals surface area contributed by atoms with Crippen molar-refractivity contribution in [3.05, 3.63) is 11.6 Å². The third-order valence-electron chi connectivity index (χ3n) is 6.92. The molecule has 2 bridgehead atoms. The molecule has 3 fully saturated rings. The molecule has 0 unspecified atom stereocenters. The molecule has 2 heterocycles. The predicted octanol–water partition coefficient (Wildman–Crippen LogP) is 1.58. The fourth-order valence-electron chi connectivity index (χ4n) is 5.27. The van der Waals surface area contributed by atoms with Crippen LogP contribution in [0.1, 0.15) is 40.0 Å². The molecule has 4 rings (SSSR count). The van der Waals surface area contributed by atoms with Crippen molar-refractivity contribution in [2.75, 3.05) is 13.2 Å². The van der Waals surface area contributed by atoms with Crippen LogP contribution < -0.4 is 0 Å². The minimum absolute atomic E-state index is 0.0331. The van der Waals surface area contributed by atoms with E-state index in [0.29, 0.717) is 13.0 Å². The lowest BCUT2D eigenvalue weighted by atomic mass is 9.52. The second kappa shape index (κ2) is 4.34. The summed E-state index contributed by atoms with van der Waals surface area (Å²) in [6.45, 7) is 6.68. The number of fused-ring (bicyclic) bond motifs is 2. The zero-order valence-corrected chi connectivity index (χ0v) is 13.4. The summed E-state index contributed by atoms with van der Waals surface area (Å²) in [7, 11) is 0. The number of carbonyl (C=O) groups is 1. The van der Waals surface area contributed by atoms with Gasteiger partial charge in [0.15, 0.2) is 0 Å². The Morgan fingerprint density at radius 1 is 1.50 bits per heavy atom. The van der Waals surface area contributed by atoms with Gasteiger partial charge in [-0.3, -0.25) is 4.79 Å². The molecule has 1 N–H and O–H groups in total. The van der Waals surface area contributed by atoms with Gasteiger partial charge in [-0.25, -0.2) is 0 Å². The number of hydrogen-bond donors (Lipinski definition) is 1. The summed E-state index contributed by atoms with van der Waals surface area (Å²) in [5, 5.41) is 9.44. The highest BCUT2D eigenvalue weighted by Gasteiger charge is 2.81. The standard InChI is InChI=1S/C17H24O5/c1-10(19)21-13-7-14-17(9-20-17)16(13,3)15(2)5-4-11(8-18)6-12(15)22-14/h6,12-14,18H,4-5,7-9H2,1-3H3/t12-,13-,14-,15+,16-,17+/m1/s1. The first-order valence-electron chi connectivity index (χ1n) is 8.14. The van der Waals surface area contributed by atoms with Gasteiger partial charge in [0.05, 0.1) is 25.4 Å². The Hall–Kier alpha value is -0.910. The number of aliphatic hydroxyl groups is 1. The fraction of sp³-hybridized carbons (Fsp3) is 0.824. The SMILES string of the molecule is CC(=O)O[C@@H]1C[C@H]2O[C@@H]3C=C(CO)CC[C@]3(C)[C@]1(C)[C@]21CO1. The van der Waals surface area contributed by atoms with E-state index < -0.39 is 0 Å². The lowest BCUT2D eigenvalue weighted by molar-refractivity contribution is -0.210. The van der Waals surface area contributed by atoms with Crippen LogP contribution in [0.25, 0.3) is 0 Å². The Bertz CT molecular complexity index is 551. The van der Waals surface area contributed by atoms with Crippen molar-refractivity contribution in [1.82, 2.24) is 0 Å². The van der Waals surface area contributed by atoms with Crippen LogP contribution in [-0.4, -0.2) is 48.2 Å². The van der Waals surface area contributed by atoms with Crippen molar-refractivity contribution in [1.29, 1.82) is 0 Å². The Morgan fingerprint density at radius 2 is 2.23 bits per heavy atom. The average molecular weight is 308 g/mol. The Morgan fingerprint density at radius 3 is 2.82 bits per heavy atom. The smallest absolute Gasteiger partial charge is 0.302 e. The summed E-state index contributed by atoms with van der Waals surface area (Å²) >= 11 is 0. The molecule has 5 heteroatoms. The first-order chi connectivity index (χ1) is 10.4. The number of esters is 1. The number of epoxide rings is 1. The molecule has 122 valence electrons. The number of ether oxygens (including phenoxy) is 3. The largest absolute Gasteiger partial charge is 0.462 e. The molecule has 22 heavy (non-hydrogen) atoms. The summed E-state index contributed by atoms with van der Waals surface area (Å²) in [5.41, 5.74) is 0.330. The van der Waals surface area contributed by atoms with E-state index in [-0.39, 0.29) is 47.3 Å². The van der Waals surface area contributed by atoms with Gasteiger partial charge in [0.1, 0.15) is 11.7 Å². The van der Waals surface area contributed by atoms with Crippen molar-refractivity contribution < 1.29 is 24.1 Å². The molecule has 5 nitrogen and oxygen atoms in total. The topological polar surface area (TPSA) is 68.3 Å². The Balaban J connectivity index is 1.79. The molecule has 0 radical (unpaired) electrons. The monoisotopic (exact) mass is 308 g/mol.